The minimum Gasteiger partial charge on any atom is -0.493 e. The Hall–Kier alpha value is -2.67. The Labute approximate surface area is 168 Å². The first-order valence-electron chi connectivity index (χ1n) is 9.20. The van der Waals surface area contributed by atoms with Crippen molar-refractivity contribution >= 4 is 11.8 Å². The Morgan fingerprint density at radius 2 is 1.93 bits per heavy atom. The van der Waals surface area contributed by atoms with Crippen LogP contribution in [0.15, 0.2) is 46.0 Å². The normalized spacial score (nSPS) is 12.6. The molecule has 28 heavy (non-hydrogen) atoms. The molecule has 3 aromatic rings. The van der Waals surface area contributed by atoms with Gasteiger partial charge in [-0.05, 0) is 54.3 Å². The number of thioether (sulfide) groups is 1. The van der Waals surface area contributed by atoms with Gasteiger partial charge >= 0.3 is 0 Å². The summed E-state index contributed by atoms with van der Waals surface area (Å²) < 4.78 is 22.3. The fraction of sp³-hybridized carbons (Fsp3) is 0.333. The van der Waals surface area contributed by atoms with Crippen LogP contribution < -0.4 is 14.2 Å². The summed E-state index contributed by atoms with van der Waals surface area (Å²) in [6.45, 7) is 7.31. The van der Waals surface area contributed by atoms with Crippen LogP contribution in [0, 0.1) is 6.92 Å². The van der Waals surface area contributed by atoms with Crippen molar-refractivity contribution in [2.24, 2.45) is 0 Å². The van der Waals surface area contributed by atoms with E-state index in [9.17, 15) is 0 Å². The van der Waals surface area contributed by atoms with Gasteiger partial charge in [0.25, 0.3) is 5.22 Å². The maximum Gasteiger partial charge on any atom is 0.276 e. The minimum absolute atomic E-state index is 0.240. The van der Waals surface area contributed by atoms with Crippen molar-refractivity contribution in [2.75, 3.05) is 19.2 Å². The number of fused-ring (bicyclic) bond motifs is 1. The first-order chi connectivity index (χ1) is 13.6. The molecule has 2 heterocycles. The summed E-state index contributed by atoms with van der Waals surface area (Å²) in [5, 5.41) is 8.72. The molecule has 0 radical (unpaired) electrons. The molecule has 1 aliphatic heterocycles. The molecular formula is C21H22N2O4S. The third kappa shape index (κ3) is 4.09. The second kappa shape index (κ2) is 8.14. The second-order valence-corrected chi connectivity index (χ2v) is 7.86. The summed E-state index contributed by atoms with van der Waals surface area (Å²) in [6, 6.07) is 11.8. The SMILES string of the molecule is Cc1cc(OCCSc2nnc(-c3ccc4c(c3)OCO4)o2)ccc1C(C)C. The number of hydrogen-bond donors (Lipinski definition) is 0. The van der Waals surface area contributed by atoms with Gasteiger partial charge in [-0.15, -0.1) is 10.2 Å². The summed E-state index contributed by atoms with van der Waals surface area (Å²) in [5.74, 6) is 3.99. The van der Waals surface area contributed by atoms with Crippen molar-refractivity contribution in [3.63, 3.8) is 0 Å². The van der Waals surface area contributed by atoms with Crippen LogP contribution in [0.25, 0.3) is 11.5 Å². The molecule has 6 nitrogen and oxygen atoms in total. The Bertz CT molecular complexity index is 971. The molecular weight excluding hydrogens is 376 g/mol. The van der Waals surface area contributed by atoms with Crippen LogP contribution in [-0.4, -0.2) is 29.4 Å². The van der Waals surface area contributed by atoms with Gasteiger partial charge in [-0.25, -0.2) is 0 Å². The lowest BCUT2D eigenvalue weighted by Gasteiger charge is -2.12. The van der Waals surface area contributed by atoms with E-state index < -0.39 is 0 Å². The summed E-state index contributed by atoms with van der Waals surface area (Å²) in [5.41, 5.74) is 3.41. The molecule has 1 aromatic heterocycles. The predicted molar refractivity (Wildman–Crippen MR) is 107 cm³/mol. The third-order valence-corrected chi connectivity index (χ3v) is 5.25. The van der Waals surface area contributed by atoms with Crippen molar-refractivity contribution in [2.45, 2.75) is 31.9 Å². The molecule has 1 aliphatic rings. The Morgan fingerprint density at radius 1 is 1.07 bits per heavy atom. The van der Waals surface area contributed by atoms with Crippen molar-refractivity contribution in [1.29, 1.82) is 0 Å². The molecule has 146 valence electrons. The number of aryl methyl sites for hydroxylation is 1. The van der Waals surface area contributed by atoms with Crippen LogP contribution in [0.4, 0.5) is 0 Å². The van der Waals surface area contributed by atoms with E-state index in [4.69, 9.17) is 18.6 Å². The molecule has 0 bridgehead atoms. The zero-order valence-corrected chi connectivity index (χ0v) is 16.9. The number of nitrogens with zero attached hydrogens (tertiary/aromatic N) is 2. The van der Waals surface area contributed by atoms with Crippen LogP contribution >= 0.6 is 11.8 Å². The fourth-order valence-electron chi connectivity index (χ4n) is 3.09. The van der Waals surface area contributed by atoms with E-state index in [0.717, 1.165) is 17.1 Å². The Balaban J connectivity index is 1.30. The van der Waals surface area contributed by atoms with Gasteiger partial charge in [0.1, 0.15) is 5.75 Å². The van der Waals surface area contributed by atoms with E-state index in [1.165, 1.54) is 22.9 Å². The number of aromatic nitrogens is 2. The smallest absolute Gasteiger partial charge is 0.276 e. The summed E-state index contributed by atoms with van der Waals surface area (Å²) in [7, 11) is 0. The van der Waals surface area contributed by atoms with Crippen LogP contribution in [0.2, 0.25) is 0 Å². The molecule has 0 unspecified atom stereocenters. The Morgan fingerprint density at radius 3 is 2.75 bits per heavy atom. The summed E-state index contributed by atoms with van der Waals surface area (Å²) in [6.07, 6.45) is 0. The average Bonchev–Trinajstić information content (AvgIpc) is 3.33. The lowest BCUT2D eigenvalue weighted by Crippen LogP contribution is -2.01. The van der Waals surface area contributed by atoms with E-state index in [1.54, 1.807) is 0 Å². The maximum absolute atomic E-state index is 5.84. The second-order valence-electron chi connectivity index (χ2n) is 6.81. The zero-order chi connectivity index (χ0) is 19.5. The molecule has 0 aliphatic carbocycles. The van der Waals surface area contributed by atoms with Gasteiger partial charge in [0.15, 0.2) is 11.5 Å². The van der Waals surface area contributed by atoms with Crippen molar-refractivity contribution in [3.05, 3.63) is 47.5 Å². The zero-order valence-electron chi connectivity index (χ0n) is 16.1. The quantitative estimate of drug-likeness (QED) is 0.407. The standard InChI is InChI=1S/C21H22N2O4S/c1-13(2)17-6-5-16(10-14(17)3)24-8-9-28-21-23-22-20(27-21)15-4-7-18-19(11-15)26-12-25-18/h4-7,10-11,13H,8-9,12H2,1-3H3. The van der Waals surface area contributed by atoms with Crippen molar-refractivity contribution < 1.29 is 18.6 Å². The van der Waals surface area contributed by atoms with Gasteiger partial charge in [-0.1, -0.05) is 31.7 Å². The monoisotopic (exact) mass is 398 g/mol. The van der Waals surface area contributed by atoms with E-state index in [2.05, 4.69) is 43.1 Å². The van der Waals surface area contributed by atoms with Gasteiger partial charge in [0, 0.05) is 11.3 Å². The first kappa shape index (κ1) is 18.7. The molecule has 0 atom stereocenters. The molecule has 7 heteroatoms. The van der Waals surface area contributed by atoms with Gasteiger partial charge < -0.3 is 18.6 Å². The number of ether oxygens (including phenoxy) is 3. The molecule has 2 aromatic carbocycles. The van der Waals surface area contributed by atoms with Crippen LogP contribution in [0.1, 0.15) is 30.9 Å². The van der Waals surface area contributed by atoms with Gasteiger partial charge in [0.2, 0.25) is 12.7 Å². The highest BCUT2D eigenvalue weighted by Crippen LogP contribution is 2.36. The molecule has 0 fully saturated rings. The average molecular weight is 398 g/mol. The van der Waals surface area contributed by atoms with E-state index in [0.29, 0.717) is 35.1 Å². The number of benzene rings is 2. The Kier molecular flexibility index (Phi) is 5.43. The summed E-state index contributed by atoms with van der Waals surface area (Å²) in [4.78, 5) is 0. The van der Waals surface area contributed by atoms with Gasteiger partial charge in [-0.3, -0.25) is 0 Å². The predicted octanol–water partition coefficient (Wildman–Crippen LogP) is 5.07. The van der Waals surface area contributed by atoms with Crippen LogP contribution in [0.3, 0.4) is 0 Å². The van der Waals surface area contributed by atoms with E-state index in [1.807, 2.05) is 24.3 Å². The van der Waals surface area contributed by atoms with Crippen molar-refractivity contribution in [3.8, 4) is 28.7 Å². The fourth-order valence-corrected chi connectivity index (χ4v) is 3.67. The molecule has 0 amide bonds. The van der Waals surface area contributed by atoms with Crippen molar-refractivity contribution in [1.82, 2.24) is 10.2 Å². The maximum atomic E-state index is 5.84. The molecule has 0 spiro atoms. The molecule has 0 N–H and O–H groups in total. The highest BCUT2D eigenvalue weighted by atomic mass is 32.2. The molecule has 0 saturated carbocycles. The van der Waals surface area contributed by atoms with Gasteiger partial charge in [-0.2, -0.15) is 0 Å². The van der Waals surface area contributed by atoms with Crippen LogP contribution in [0.5, 0.6) is 17.2 Å². The number of hydrogen-bond acceptors (Lipinski definition) is 7. The number of rotatable bonds is 7. The highest BCUT2D eigenvalue weighted by Gasteiger charge is 2.16. The van der Waals surface area contributed by atoms with Crippen LogP contribution in [-0.2, 0) is 0 Å². The minimum atomic E-state index is 0.240. The molecule has 0 saturated heterocycles. The van der Waals surface area contributed by atoms with E-state index in [-0.39, 0.29) is 6.79 Å². The first-order valence-corrected chi connectivity index (χ1v) is 10.2. The topological polar surface area (TPSA) is 66.6 Å². The largest absolute Gasteiger partial charge is 0.493 e. The van der Waals surface area contributed by atoms with Gasteiger partial charge in [0.05, 0.1) is 6.61 Å². The summed E-state index contributed by atoms with van der Waals surface area (Å²) >= 11 is 1.47. The lowest BCUT2D eigenvalue weighted by molar-refractivity contribution is 0.174. The molecule has 4 rings (SSSR count). The third-order valence-electron chi connectivity index (χ3n) is 4.47. The highest BCUT2D eigenvalue weighted by molar-refractivity contribution is 7.99. The lowest BCUT2D eigenvalue weighted by atomic mass is 9.98. The van der Waals surface area contributed by atoms with E-state index >= 15 is 0 Å².